The van der Waals surface area contributed by atoms with Gasteiger partial charge in [0.05, 0.1) is 12.0 Å². The van der Waals surface area contributed by atoms with E-state index in [1.54, 1.807) is 17.0 Å². The van der Waals surface area contributed by atoms with Crippen LogP contribution in [0.15, 0.2) is 97.3 Å². The van der Waals surface area contributed by atoms with Gasteiger partial charge >= 0.3 is 0 Å². The number of rotatable bonds is 7. The SMILES string of the molecule is CCN(C(=O)Cc1ccc(NC(=O)c2cnc(-c3ccccc3)nc2)cc1)c1ccccc1. The van der Waals surface area contributed by atoms with Crippen LogP contribution in [0.2, 0.25) is 0 Å². The number of para-hydroxylation sites is 1. The first-order valence-electron chi connectivity index (χ1n) is 10.8. The van der Waals surface area contributed by atoms with Gasteiger partial charge in [-0.05, 0) is 36.8 Å². The molecule has 0 aliphatic carbocycles. The molecule has 0 bridgehead atoms. The molecule has 0 atom stereocenters. The van der Waals surface area contributed by atoms with Crippen molar-refractivity contribution in [1.29, 1.82) is 0 Å². The average molecular weight is 437 g/mol. The Balaban J connectivity index is 1.37. The minimum absolute atomic E-state index is 0.0242. The molecule has 6 heteroatoms. The smallest absolute Gasteiger partial charge is 0.258 e. The fourth-order valence-corrected chi connectivity index (χ4v) is 3.47. The van der Waals surface area contributed by atoms with E-state index >= 15 is 0 Å². The molecule has 1 aromatic heterocycles. The number of amides is 2. The number of hydrogen-bond acceptors (Lipinski definition) is 4. The molecule has 4 rings (SSSR count). The predicted molar refractivity (Wildman–Crippen MR) is 130 cm³/mol. The number of anilines is 2. The molecule has 6 nitrogen and oxygen atoms in total. The molecule has 0 fully saturated rings. The zero-order valence-corrected chi connectivity index (χ0v) is 18.3. The molecule has 2 amide bonds. The van der Waals surface area contributed by atoms with Gasteiger partial charge < -0.3 is 10.2 Å². The molecule has 1 heterocycles. The Kier molecular flexibility index (Phi) is 6.85. The number of hydrogen-bond donors (Lipinski definition) is 1. The first-order chi connectivity index (χ1) is 16.1. The van der Waals surface area contributed by atoms with Gasteiger partial charge in [-0.1, -0.05) is 60.7 Å². The lowest BCUT2D eigenvalue weighted by Crippen LogP contribution is -2.31. The molecule has 164 valence electrons. The van der Waals surface area contributed by atoms with Gasteiger partial charge in [0.1, 0.15) is 0 Å². The summed E-state index contributed by atoms with van der Waals surface area (Å²) < 4.78 is 0. The summed E-state index contributed by atoms with van der Waals surface area (Å²) in [5.41, 5.74) is 3.66. The van der Waals surface area contributed by atoms with Crippen LogP contribution in [-0.4, -0.2) is 28.3 Å². The fraction of sp³-hybridized carbons (Fsp3) is 0.111. The summed E-state index contributed by atoms with van der Waals surface area (Å²) in [7, 11) is 0. The summed E-state index contributed by atoms with van der Waals surface area (Å²) in [6, 6.07) is 26.5. The van der Waals surface area contributed by atoms with Crippen LogP contribution in [-0.2, 0) is 11.2 Å². The van der Waals surface area contributed by atoms with Crippen LogP contribution in [0.25, 0.3) is 11.4 Å². The van der Waals surface area contributed by atoms with Crippen molar-refractivity contribution in [2.75, 3.05) is 16.8 Å². The van der Waals surface area contributed by atoms with Crippen LogP contribution in [0.1, 0.15) is 22.8 Å². The summed E-state index contributed by atoms with van der Waals surface area (Å²) in [6.45, 7) is 2.56. The Morgan fingerprint density at radius 2 is 1.42 bits per heavy atom. The summed E-state index contributed by atoms with van der Waals surface area (Å²) in [6.07, 6.45) is 3.31. The normalized spacial score (nSPS) is 10.5. The topological polar surface area (TPSA) is 75.2 Å². The van der Waals surface area contributed by atoms with Crippen LogP contribution in [0.5, 0.6) is 0 Å². The van der Waals surface area contributed by atoms with E-state index in [1.165, 1.54) is 12.4 Å². The molecule has 0 saturated carbocycles. The van der Waals surface area contributed by atoms with Crippen molar-refractivity contribution in [3.8, 4) is 11.4 Å². The first kappa shape index (κ1) is 21.9. The largest absolute Gasteiger partial charge is 0.322 e. The molecule has 1 N–H and O–H groups in total. The van der Waals surface area contributed by atoms with Gasteiger partial charge in [0, 0.05) is 35.9 Å². The summed E-state index contributed by atoms with van der Waals surface area (Å²) in [5, 5.41) is 2.84. The second kappa shape index (κ2) is 10.3. The zero-order chi connectivity index (χ0) is 23.0. The monoisotopic (exact) mass is 436 g/mol. The fourth-order valence-electron chi connectivity index (χ4n) is 3.47. The predicted octanol–water partition coefficient (Wildman–Crippen LogP) is 4.99. The van der Waals surface area contributed by atoms with Crippen molar-refractivity contribution in [2.24, 2.45) is 0 Å². The summed E-state index contributed by atoms with van der Waals surface area (Å²) in [5.74, 6) is 0.300. The minimum atomic E-state index is -0.292. The maximum absolute atomic E-state index is 12.8. The second-order valence-corrected chi connectivity index (χ2v) is 7.46. The van der Waals surface area contributed by atoms with E-state index in [2.05, 4.69) is 15.3 Å². The van der Waals surface area contributed by atoms with Crippen LogP contribution in [0.3, 0.4) is 0 Å². The van der Waals surface area contributed by atoms with Crippen LogP contribution in [0.4, 0.5) is 11.4 Å². The molecule has 0 saturated heterocycles. The highest BCUT2D eigenvalue weighted by Crippen LogP contribution is 2.17. The number of aromatic nitrogens is 2. The third-order valence-electron chi connectivity index (χ3n) is 5.20. The maximum Gasteiger partial charge on any atom is 0.258 e. The first-order valence-corrected chi connectivity index (χ1v) is 10.8. The Labute approximate surface area is 192 Å². The zero-order valence-electron chi connectivity index (χ0n) is 18.3. The van der Waals surface area contributed by atoms with Gasteiger partial charge in [-0.2, -0.15) is 0 Å². The third kappa shape index (κ3) is 5.49. The van der Waals surface area contributed by atoms with E-state index in [9.17, 15) is 9.59 Å². The van der Waals surface area contributed by atoms with Crippen molar-refractivity contribution in [3.63, 3.8) is 0 Å². The second-order valence-electron chi connectivity index (χ2n) is 7.46. The van der Waals surface area contributed by atoms with E-state index in [0.29, 0.717) is 23.6 Å². The van der Waals surface area contributed by atoms with Gasteiger partial charge in [-0.25, -0.2) is 9.97 Å². The van der Waals surface area contributed by atoms with E-state index in [-0.39, 0.29) is 18.2 Å². The average Bonchev–Trinajstić information content (AvgIpc) is 2.87. The Bertz CT molecular complexity index is 1210. The number of likely N-dealkylation sites (N-methyl/N-ethyl adjacent to an activating group) is 1. The molecule has 0 radical (unpaired) electrons. The van der Waals surface area contributed by atoms with Gasteiger partial charge in [-0.15, -0.1) is 0 Å². The molecule has 0 aliphatic rings. The van der Waals surface area contributed by atoms with Crippen LogP contribution < -0.4 is 10.2 Å². The highest BCUT2D eigenvalue weighted by atomic mass is 16.2. The lowest BCUT2D eigenvalue weighted by Gasteiger charge is -2.21. The molecular formula is C27H24N4O2. The summed E-state index contributed by atoms with van der Waals surface area (Å²) >= 11 is 0. The minimum Gasteiger partial charge on any atom is -0.322 e. The van der Waals surface area contributed by atoms with Crippen molar-refractivity contribution in [3.05, 3.63) is 108 Å². The number of nitrogens with zero attached hydrogens (tertiary/aromatic N) is 3. The van der Waals surface area contributed by atoms with Crippen LogP contribution >= 0.6 is 0 Å². The van der Waals surface area contributed by atoms with Crippen molar-refractivity contribution in [2.45, 2.75) is 13.3 Å². The molecule has 0 spiro atoms. The van der Waals surface area contributed by atoms with Gasteiger partial charge in [0.15, 0.2) is 5.82 Å². The Morgan fingerprint density at radius 3 is 2.03 bits per heavy atom. The van der Waals surface area contributed by atoms with E-state index in [4.69, 9.17) is 0 Å². The molecule has 0 unspecified atom stereocenters. The van der Waals surface area contributed by atoms with Crippen LogP contribution in [0, 0.1) is 0 Å². The van der Waals surface area contributed by atoms with E-state index in [1.807, 2.05) is 79.7 Å². The lowest BCUT2D eigenvalue weighted by atomic mass is 10.1. The molecule has 4 aromatic rings. The molecule has 0 aliphatic heterocycles. The van der Waals surface area contributed by atoms with E-state index in [0.717, 1.165) is 16.8 Å². The van der Waals surface area contributed by atoms with E-state index < -0.39 is 0 Å². The van der Waals surface area contributed by atoms with Crippen molar-refractivity contribution < 1.29 is 9.59 Å². The molecule has 33 heavy (non-hydrogen) atoms. The quantitative estimate of drug-likeness (QED) is 0.443. The maximum atomic E-state index is 12.8. The number of benzene rings is 3. The van der Waals surface area contributed by atoms with Gasteiger partial charge in [-0.3, -0.25) is 9.59 Å². The standard InChI is InChI=1S/C27H24N4O2/c1-2-31(24-11-7-4-8-12-24)25(32)17-20-13-15-23(16-14-20)30-27(33)22-18-28-26(29-19-22)21-9-5-3-6-10-21/h3-16,18-19H,2,17H2,1H3,(H,30,33). The molecular weight excluding hydrogens is 412 g/mol. The Morgan fingerprint density at radius 1 is 0.818 bits per heavy atom. The highest BCUT2D eigenvalue weighted by Gasteiger charge is 2.14. The third-order valence-corrected chi connectivity index (χ3v) is 5.20. The van der Waals surface area contributed by atoms with Crippen molar-refractivity contribution >= 4 is 23.2 Å². The Hall–Kier alpha value is -4.32. The van der Waals surface area contributed by atoms with Gasteiger partial charge in [0.25, 0.3) is 5.91 Å². The lowest BCUT2D eigenvalue weighted by molar-refractivity contribution is -0.117. The highest BCUT2D eigenvalue weighted by molar-refractivity contribution is 6.04. The molecule has 3 aromatic carbocycles. The number of carbonyl (C=O) groups excluding carboxylic acids is 2. The number of carbonyl (C=O) groups is 2. The van der Waals surface area contributed by atoms with Crippen molar-refractivity contribution in [1.82, 2.24) is 9.97 Å². The van der Waals surface area contributed by atoms with Gasteiger partial charge in [0.2, 0.25) is 5.91 Å². The number of nitrogens with one attached hydrogen (secondary N) is 1. The summed E-state index contributed by atoms with van der Waals surface area (Å²) in [4.78, 5) is 35.7.